The molecule has 2 aromatic carbocycles. The van der Waals surface area contributed by atoms with Gasteiger partial charge in [-0.3, -0.25) is 0 Å². The predicted octanol–water partition coefficient (Wildman–Crippen LogP) is 3.07. The maximum absolute atomic E-state index is 4.60. The van der Waals surface area contributed by atoms with Gasteiger partial charge in [-0.05, 0) is 24.3 Å². The molecule has 8 nitrogen and oxygen atoms in total. The first-order valence-corrected chi connectivity index (χ1v) is 9.23. The van der Waals surface area contributed by atoms with E-state index in [1.165, 1.54) is 0 Å². The van der Waals surface area contributed by atoms with Crippen LogP contribution in [-0.2, 0) is 12.1 Å². The van der Waals surface area contributed by atoms with Gasteiger partial charge in [0.1, 0.15) is 0 Å². The molecule has 1 unspecified atom stereocenters. The SMILES string of the molecule is CC(Cn1nnc(-c2ccccc2)n1)C(C)(C)n1nnc(-c2ccccc2)n1. The van der Waals surface area contributed by atoms with Crippen LogP contribution < -0.4 is 0 Å². The summed E-state index contributed by atoms with van der Waals surface area (Å²) in [5, 5.41) is 26.0. The van der Waals surface area contributed by atoms with E-state index in [9.17, 15) is 0 Å². The van der Waals surface area contributed by atoms with Gasteiger partial charge in [0, 0.05) is 17.0 Å². The maximum Gasteiger partial charge on any atom is 0.204 e. The summed E-state index contributed by atoms with van der Waals surface area (Å²) in [6.07, 6.45) is 0. The Labute approximate surface area is 163 Å². The van der Waals surface area contributed by atoms with Crippen molar-refractivity contribution >= 4 is 0 Å². The Hall–Kier alpha value is -3.42. The summed E-state index contributed by atoms with van der Waals surface area (Å²) in [4.78, 5) is 3.30. The van der Waals surface area contributed by atoms with Crippen molar-refractivity contribution in [1.29, 1.82) is 0 Å². The molecule has 0 bridgehead atoms. The van der Waals surface area contributed by atoms with E-state index in [2.05, 4.69) is 51.6 Å². The molecule has 2 heterocycles. The fraction of sp³-hybridized carbons (Fsp3) is 0.300. The van der Waals surface area contributed by atoms with Gasteiger partial charge >= 0.3 is 0 Å². The van der Waals surface area contributed by atoms with Crippen molar-refractivity contribution < 1.29 is 0 Å². The zero-order valence-electron chi connectivity index (χ0n) is 16.1. The average Bonchev–Trinajstić information content (AvgIpc) is 3.40. The van der Waals surface area contributed by atoms with Crippen molar-refractivity contribution in [2.24, 2.45) is 5.92 Å². The van der Waals surface area contributed by atoms with E-state index < -0.39 is 0 Å². The highest BCUT2D eigenvalue weighted by atomic mass is 15.6. The predicted molar refractivity (Wildman–Crippen MR) is 105 cm³/mol. The van der Waals surface area contributed by atoms with Crippen LogP contribution in [0.4, 0.5) is 0 Å². The molecule has 0 N–H and O–H groups in total. The highest BCUT2D eigenvalue weighted by Gasteiger charge is 2.32. The van der Waals surface area contributed by atoms with Crippen molar-refractivity contribution in [3.63, 3.8) is 0 Å². The van der Waals surface area contributed by atoms with Crippen molar-refractivity contribution in [1.82, 2.24) is 40.4 Å². The fourth-order valence-corrected chi connectivity index (χ4v) is 2.85. The molecular weight excluding hydrogens is 352 g/mol. The summed E-state index contributed by atoms with van der Waals surface area (Å²) in [6.45, 7) is 6.89. The number of hydrogen-bond acceptors (Lipinski definition) is 6. The molecule has 0 spiro atoms. The van der Waals surface area contributed by atoms with Gasteiger partial charge in [-0.1, -0.05) is 67.6 Å². The second-order valence-corrected chi connectivity index (χ2v) is 7.36. The molecule has 0 radical (unpaired) electrons. The van der Waals surface area contributed by atoms with Crippen molar-refractivity contribution in [2.75, 3.05) is 0 Å². The summed E-state index contributed by atoms with van der Waals surface area (Å²) in [6, 6.07) is 19.7. The first-order chi connectivity index (χ1) is 13.5. The zero-order valence-corrected chi connectivity index (χ0v) is 16.1. The van der Waals surface area contributed by atoms with E-state index >= 15 is 0 Å². The Kier molecular flexibility index (Phi) is 4.68. The van der Waals surface area contributed by atoms with Crippen LogP contribution in [0.5, 0.6) is 0 Å². The van der Waals surface area contributed by atoms with E-state index in [4.69, 9.17) is 0 Å². The highest BCUT2D eigenvalue weighted by Crippen LogP contribution is 2.26. The number of benzene rings is 2. The van der Waals surface area contributed by atoms with E-state index in [1.807, 2.05) is 60.7 Å². The quantitative estimate of drug-likeness (QED) is 0.515. The Morgan fingerprint density at radius 3 is 1.93 bits per heavy atom. The molecular formula is C20H22N8. The Balaban J connectivity index is 1.51. The number of rotatable bonds is 6. The molecule has 0 saturated carbocycles. The van der Waals surface area contributed by atoms with Crippen molar-refractivity contribution in [3.8, 4) is 22.8 Å². The molecule has 4 rings (SSSR count). The molecule has 2 aromatic heterocycles. The standard InChI is InChI=1S/C20H22N8/c1-15(14-27-23-18(21-25-27)16-10-6-4-7-11-16)20(2,3)28-24-19(22-26-28)17-12-8-5-9-13-17/h4-13,15H,14H2,1-3H3. The lowest BCUT2D eigenvalue weighted by atomic mass is 9.90. The van der Waals surface area contributed by atoms with E-state index in [-0.39, 0.29) is 11.5 Å². The number of hydrogen-bond donors (Lipinski definition) is 0. The second kappa shape index (κ2) is 7.30. The van der Waals surface area contributed by atoms with Crippen LogP contribution >= 0.6 is 0 Å². The monoisotopic (exact) mass is 374 g/mol. The third kappa shape index (κ3) is 3.53. The summed E-state index contributed by atoms with van der Waals surface area (Å²) in [7, 11) is 0. The van der Waals surface area contributed by atoms with Gasteiger partial charge in [0.25, 0.3) is 0 Å². The molecule has 0 aliphatic rings. The molecule has 1 atom stereocenters. The van der Waals surface area contributed by atoms with E-state index in [1.54, 1.807) is 9.59 Å². The van der Waals surface area contributed by atoms with Gasteiger partial charge in [-0.25, -0.2) is 0 Å². The lowest BCUT2D eigenvalue weighted by Gasteiger charge is -2.29. The molecule has 0 aliphatic carbocycles. The Bertz CT molecular complexity index is 1040. The first-order valence-electron chi connectivity index (χ1n) is 9.23. The number of aromatic nitrogens is 8. The third-order valence-electron chi connectivity index (χ3n) is 5.09. The van der Waals surface area contributed by atoms with E-state index in [0.717, 1.165) is 11.1 Å². The van der Waals surface area contributed by atoms with Gasteiger partial charge in [0.2, 0.25) is 11.6 Å². The van der Waals surface area contributed by atoms with Crippen molar-refractivity contribution in [3.05, 3.63) is 60.7 Å². The van der Waals surface area contributed by atoms with Gasteiger partial charge in [0.05, 0.1) is 12.1 Å². The highest BCUT2D eigenvalue weighted by molar-refractivity contribution is 5.53. The summed E-state index contributed by atoms with van der Waals surface area (Å²) >= 11 is 0. The Morgan fingerprint density at radius 1 is 0.786 bits per heavy atom. The Morgan fingerprint density at radius 2 is 1.32 bits per heavy atom. The second-order valence-electron chi connectivity index (χ2n) is 7.36. The molecule has 0 aliphatic heterocycles. The van der Waals surface area contributed by atoms with Crippen LogP contribution in [0.25, 0.3) is 22.8 Å². The van der Waals surface area contributed by atoms with Gasteiger partial charge < -0.3 is 0 Å². The summed E-state index contributed by atoms with van der Waals surface area (Å²) in [5.41, 5.74) is 1.52. The molecule has 0 saturated heterocycles. The van der Waals surface area contributed by atoms with Crippen LogP contribution in [0.1, 0.15) is 20.8 Å². The maximum atomic E-state index is 4.60. The first kappa shape index (κ1) is 18.0. The third-order valence-corrected chi connectivity index (χ3v) is 5.09. The largest absolute Gasteiger partial charge is 0.204 e. The summed E-state index contributed by atoms with van der Waals surface area (Å²) in [5.74, 6) is 1.38. The molecule has 142 valence electrons. The average molecular weight is 374 g/mol. The molecule has 8 heteroatoms. The van der Waals surface area contributed by atoms with Crippen LogP contribution in [0.2, 0.25) is 0 Å². The van der Waals surface area contributed by atoms with Crippen LogP contribution in [-0.4, -0.2) is 40.4 Å². The smallest absolute Gasteiger partial charge is 0.163 e. The van der Waals surface area contributed by atoms with Crippen LogP contribution in [0, 0.1) is 5.92 Å². The lowest BCUT2D eigenvalue weighted by Crippen LogP contribution is -2.38. The normalized spacial score (nSPS) is 12.8. The molecule has 28 heavy (non-hydrogen) atoms. The number of nitrogens with zero attached hydrogens (tertiary/aromatic N) is 8. The minimum atomic E-state index is -0.374. The minimum Gasteiger partial charge on any atom is -0.163 e. The fourth-order valence-electron chi connectivity index (χ4n) is 2.85. The van der Waals surface area contributed by atoms with Crippen LogP contribution in [0.3, 0.4) is 0 Å². The van der Waals surface area contributed by atoms with Crippen LogP contribution in [0.15, 0.2) is 60.7 Å². The van der Waals surface area contributed by atoms with E-state index in [0.29, 0.717) is 18.2 Å². The molecule has 0 fully saturated rings. The lowest BCUT2D eigenvalue weighted by molar-refractivity contribution is 0.154. The topological polar surface area (TPSA) is 87.2 Å². The van der Waals surface area contributed by atoms with Gasteiger partial charge in [-0.15, -0.1) is 20.4 Å². The summed E-state index contributed by atoms with van der Waals surface area (Å²) < 4.78 is 0. The van der Waals surface area contributed by atoms with Gasteiger partial charge in [0.15, 0.2) is 0 Å². The minimum absolute atomic E-state index is 0.142. The molecule has 0 amide bonds. The van der Waals surface area contributed by atoms with Crippen molar-refractivity contribution in [2.45, 2.75) is 32.9 Å². The van der Waals surface area contributed by atoms with Gasteiger partial charge in [-0.2, -0.15) is 9.59 Å². The zero-order chi connectivity index (χ0) is 19.6. The number of tetrazole rings is 2. The molecule has 4 aromatic rings.